The molecule has 4 rings (SSSR count). The van der Waals surface area contributed by atoms with Gasteiger partial charge in [0, 0.05) is 31.2 Å². The minimum Gasteiger partial charge on any atom is -0.394 e. The summed E-state index contributed by atoms with van der Waals surface area (Å²) < 4.78 is 44.3. The maximum absolute atomic E-state index is 13.1. The Kier molecular flexibility index (Phi) is 21.1. The molecule has 0 saturated carbocycles. The molecule has 15 N–H and O–H groups in total. The number of aliphatic hydroxyl groups excluding tert-OH is 14. The molecule has 20 atom stereocenters. The topological polar surface area (TPSA) is 389 Å². The Labute approximate surface area is 357 Å². The number of hydrogen-bond donors (Lipinski definition) is 15. The van der Waals surface area contributed by atoms with Gasteiger partial charge < -0.3 is 115 Å². The molecule has 4 aliphatic rings. The molecule has 25 heteroatoms. The number of hydrogen-bond acceptors (Lipinski definition) is 25. The van der Waals surface area contributed by atoms with E-state index in [1.165, 1.54) is 0 Å². The van der Waals surface area contributed by atoms with Crippen LogP contribution >= 0.6 is 0 Å². The lowest BCUT2D eigenvalue weighted by atomic mass is 9.96. The fraction of sp³-hybridized carbons (Fsp3) is 0.919. The highest BCUT2D eigenvalue weighted by Crippen LogP contribution is 2.31. The van der Waals surface area contributed by atoms with Crippen LogP contribution in [0.4, 0.5) is 0 Å². The number of nitrogens with one attached hydrogen (secondary N) is 1. The van der Waals surface area contributed by atoms with E-state index < -0.39 is 149 Å². The van der Waals surface area contributed by atoms with Gasteiger partial charge in [0.1, 0.15) is 103 Å². The molecule has 62 heavy (non-hydrogen) atoms. The molecule has 4 fully saturated rings. The lowest BCUT2D eigenvalue weighted by molar-refractivity contribution is -0.366. The molecule has 0 spiro atoms. The summed E-state index contributed by atoms with van der Waals surface area (Å²) in [5, 5.41) is 146. The molecule has 0 amide bonds. The van der Waals surface area contributed by atoms with Crippen LogP contribution in [0.25, 0.3) is 0 Å². The fourth-order valence-corrected chi connectivity index (χ4v) is 7.17. The molecule has 0 bridgehead atoms. The Morgan fingerprint density at radius 1 is 0.581 bits per heavy atom. The summed E-state index contributed by atoms with van der Waals surface area (Å²) in [6.07, 6.45) is -32.3. The number of aliphatic hydroxyl groups is 14. The van der Waals surface area contributed by atoms with Gasteiger partial charge in [-0.2, -0.15) is 0 Å². The number of carbonyl (C=O) groups is 1. The Bertz CT molecular complexity index is 1350. The van der Waals surface area contributed by atoms with Gasteiger partial charge in [0.2, 0.25) is 0 Å². The van der Waals surface area contributed by atoms with Crippen molar-refractivity contribution in [2.24, 2.45) is 0 Å². The number of Topliss-reactive ketones (excluding diaryl/α,β-unsaturated/α-hetero) is 1. The summed E-state index contributed by atoms with van der Waals surface area (Å²) >= 11 is 0. The first-order chi connectivity index (χ1) is 29.3. The van der Waals surface area contributed by atoms with Crippen LogP contribution in [0.5, 0.6) is 0 Å². The van der Waals surface area contributed by atoms with Crippen molar-refractivity contribution in [3.63, 3.8) is 0 Å². The van der Waals surface area contributed by atoms with Crippen LogP contribution in [0.15, 0.2) is 12.3 Å². The van der Waals surface area contributed by atoms with Crippen LogP contribution in [0.2, 0.25) is 0 Å². The van der Waals surface area contributed by atoms with Gasteiger partial charge in [-0.1, -0.05) is 6.58 Å². The highest BCUT2D eigenvalue weighted by molar-refractivity contribution is 5.80. The molecule has 25 nitrogen and oxygen atoms in total. The van der Waals surface area contributed by atoms with E-state index in [1.807, 2.05) is 18.7 Å². The predicted molar refractivity (Wildman–Crippen MR) is 203 cm³/mol. The average molecular weight is 907 g/mol. The molecule has 0 radical (unpaired) electrons. The normalized spacial score (nSPS) is 41.7. The van der Waals surface area contributed by atoms with E-state index in [9.17, 15) is 76.3 Å². The zero-order valence-corrected chi connectivity index (χ0v) is 34.5. The molecular weight excluding hydrogens is 840 g/mol. The van der Waals surface area contributed by atoms with E-state index in [4.69, 9.17) is 37.9 Å². The summed E-state index contributed by atoms with van der Waals surface area (Å²) in [4.78, 5) is 14.9. The van der Waals surface area contributed by atoms with E-state index in [-0.39, 0.29) is 57.5 Å². The van der Waals surface area contributed by atoms with E-state index >= 15 is 0 Å². The van der Waals surface area contributed by atoms with E-state index in [2.05, 4.69) is 11.9 Å². The first-order valence-corrected chi connectivity index (χ1v) is 20.5. The van der Waals surface area contributed by atoms with Gasteiger partial charge in [0.15, 0.2) is 25.2 Å². The van der Waals surface area contributed by atoms with Crippen molar-refractivity contribution in [3.8, 4) is 0 Å². The van der Waals surface area contributed by atoms with Crippen molar-refractivity contribution in [3.05, 3.63) is 12.3 Å². The standard InChI is InChI=1S/C37H66N2O23/c1-15(2)39(9-16(3)38-6-8-56-34-29(51)26(48)22(44)18(11-40)58-34)10-17(43)5-4-7-55-36-32(54)33(62-37-31(53)28(50)24(46)20(13-42)60-37)25(47)21(61-36)14-57-35-30(52)27(49)23(45)19(12-41)59-35/h15,18-38,40-42,44-54H,3-14H2,1-2H3/t18-,19-,20-,21-,22-,23-,24-,25-,26+,27+,28+,29+,30+,31+,32+,33+,34+,35+,36+,37-/m1/s1. The number of ketones is 1. The second kappa shape index (κ2) is 24.7. The maximum Gasteiger partial charge on any atom is 0.187 e. The molecule has 4 aliphatic heterocycles. The Morgan fingerprint density at radius 3 is 1.55 bits per heavy atom. The van der Waals surface area contributed by atoms with Crippen LogP contribution in [-0.2, 0) is 42.7 Å². The summed E-state index contributed by atoms with van der Waals surface area (Å²) in [6.45, 7) is 5.25. The van der Waals surface area contributed by atoms with Gasteiger partial charge in [-0.05, 0) is 20.3 Å². The van der Waals surface area contributed by atoms with Crippen LogP contribution < -0.4 is 5.32 Å². The summed E-state index contributed by atoms with van der Waals surface area (Å²) in [5.74, 6) is -0.184. The molecule has 0 aromatic carbocycles. The highest BCUT2D eigenvalue weighted by atomic mass is 16.8. The number of carbonyl (C=O) groups excluding carboxylic acids is 1. The molecule has 0 unspecified atom stereocenters. The molecule has 4 heterocycles. The minimum absolute atomic E-state index is 0.00662. The van der Waals surface area contributed by atoms with Gasteiger partial charge in [-0.15, -0.1) is 0 Å². The van der Waals surface area contributed by atoms with Gasteiger partial charge >= 0.3 is 0 Å². The minimum atomic E-state index is -1.92. The number of rotatable bonds is 23. The predicted octanol–water partition coefficient (Wildman–Crippen LogP) is -8.57. The molecule has 0 aromatic rings. The third-order valence-electron chi connectivity index (χ3n) is 11.0. The van der Waals surface area contributed by atoms with E-state index in [1.54, 1.807) is 0 Å². The maximum atomic E-state index is 13.1. The smallest absolute Gasteiger partial charge is 0.187 e. The van der Waals surface area contributed by atoms with Crippen molar-refractivity contribution in [2.45, 2.75) is 156 Å². The second-order valence-electron chi connectivity index (χ2n) is 16.0. The van der Waals surface area contributed by atoms with Crippen LogP contribution in [0.1, 0.15) is 26.7 Å². The monoisotopic (exact) mass is 906 g/mol. The third-order valence-corrected chi connectivity index (χ3v) is 11.0. The SMILES string of the molecule is C=C(CN(CC(=O)CCCO[C@H]1O[C@H](CO[C@H]2O[C@H](CO)[C@@H](O)[C@H](O)[C@@H]2O)[C@@H](O)[C@H](O[C@H]2O[C@H](CO)[C@@H](O)[C@H](O)[C@@H]2O)[C@@H]1O)C(C)C)NCCO[C@H]1O[C@H](CO)[C@@H](O)[C@H](O)[C@@H]1O. The van der Waals surface area contributed by atoms with Crippen molar-refractivity contribution in [2.75, 3.05) is 59.3 Å². The first-order valence-electron chi connectivity index (χ1n) is 20.5. The highest BCUT2D eigenvalue weighted by Gasteiger charge is 2.52. The largest absolute Gasteiger partial charge is 0.394 e. The van der Waals surface area contributed by atoms with Crippen molar-refractivity contribution >= 4 is 5.78 Å². The Morgan fingerprint density at radius 2 is 1.03 bits per heavy atom. The molecule has 4 saturated heterocycles. The van der Waals surface area contributed by atoms with Gasteiger partial charge in [-0.3, -0.25) is 9.69 Å². The Balaban J connectivity index is 1.30. The lowest BCUT2D eigenvalue weighted by Gasteiger charge is -2.46. The zero-order valence-electron chi connectivity index (χ0n) is 34.5. The first kappa shape index (κ1) is 52.9. The van der Waals surface area contributed by atoms with Crippen molar-refractivity contribution < 1.29 is 114 Å². The Hall–Kier alpha value is -1.71. The average Bonchev–Trinajstić information content (AvgIpc) is 3.24. The van der Waals surface area contributed by atoms with Gasteiger partial charge in [0.25, 0.3) is 0 Å². The molecule has 362 valence electrons. The van der Waals surface area contributed by atoms with E-state index in [0.717, 1.165) is 0 Å². The summed E-state index contributed by atoms with van der Waals surface area (Å²) in [6, 6.07) is -0.0981. The van der Waals surface area contributed by atoms with Crippen LogP contribution in [0.3, 0.4) is 0 Å². The van der Waals surface area contributed by atoms with Crippen molar-refractivity contribution in [1.29, 1.82) is 0 Å². The van der Waals surface area contributed by atoms with Crippen molar-refractivity contribution in [1.82, 2.24) is 10.2 Å². The van der Waals surface area contributed by atoms with E-state index in [0.29, 0.717) is 5.70 Å². The fourth-order valence-electron chi connectivity index (χ4n) is 7.17. The zero-order chi connectivity index (χ0) is 46.0. The van der Waals surface area contributed by atoms with Crippen LogP contribution in [-0.4, -0.2) is 270 Å². The quantitative estimate of drug-likeness (QED) is 0.0423. The lowest BCUT2D eigenvalue weighted by Crippen LogP contribution is -2.65. The van der Waals surface area contributed by atoms with Gasteiger partial charge in [-0.25, -0.2) is 0 Å². The molecular formula is C37H66N2O23. The molecule has 0 aromatic heterocycles. The number of ether oxygens (including phenoxy) is 8. The second-order valence-corrected chi connectivity index (χ2v) is 16.0. The summed E-state index contributed by atoms with van der Waals surface area (Å²) in [5.41, 5.74) is 0.531. The van der Waals surface area contributed by atoms with Crippen LogP contribution in [0, 0.1) is 0 Å². The molecule has 0 aliphatic carbocycles. The third kappa shape index (κ3) is 13.4. The summed E-state index contributed by atoms with van der Waals surface area (Å²) in [7, 11) is 0. The van der Waals surface area contributed by atoms with Gasteiger partial charge in [0.05, 0.1) is 46.2 Å². The number of nitrogens with zero attached hydrogens (tertiary/aromatic N) is 1.